The third-order valence-electron chi connectivity index (χ3n) is 4.80. The molecule has 3 N–H and O–H groups in total. The van der Waals surface area contributed by atoms with Crippen LogP contribution < -0.4 is 50.0 Å². The molecule has 4 aromatic rings. The van der Waals surface area contributed by atoms with Crippen LogP contribution in [-0.4, -0.2) is 31.0 Å². The standard InChI is InChI=1S/C21H20N7O2S.Na/c1-28(16-10-6-3-7-11-16)19-13-18(23-14-15-8-4-2-5-9-15)17(21-24-26-27-25-21)12-20(19)31(22,29)30;/h2-13,23H,14H2,1H3,(H2-,22,24,25,26,27,29,30);/q-1;+1. The molecule has 0 aliphatic rings. The first kappa shape index (κ1) is 23.9. The number of benzene rings is 3. The first-order valence-corrected chi connectivity index (χ1v) is 10.9. The van der Waals surface area contributed by atoms with Gasteiger partial charge in [-0.3, -0.25) is 10.3 Å². The molecular weight excluding hydrogens is 437 g/mol. The van der Waals surface area contributed by atoms with E-state index in [9.17, 15) is 8.42 Å². The van der Waals surface area contributed by atoms with Crippen LogP contribution in [-0.2, 0) is 16.6 Å². The molecule has 3 aromatic carbocycles. The van der Waals surface area contributed by atoms with E-state index in [-0.39, 0.29) is 40.3 Å². The number of aromatic nitrogens is 4. The smallest absolute Gasteiger partial charge is 0.380 e. The Morgan fingerprint density at radius 3 is 2.28 bits per heavy atom. The van der Waals surface area contributed by atoms with E-state index in [1.54, 1.807) is 18.0 Å². The molecule has 0 saturated heterocycles. The van der Waals surface area contributed by atoms with Crippen LogP contribution in [0.15, 0.2) is 77.7 Å². The summed E-state index contributed by atoms with van der Waals surface area (Å²) in [7, 11) is -2.27. The Morgan fingerprint density at radius 1 is 1.03 bits per heavy atom. The third kappa shape index (κ3) is 5.34. The van der Waals surface area contributed by atoms with Gasteiger partial charge in [0.25, 0.3) is 0 Å². The molecule has 0 spiro atoms. The minimum atomic E-state index is -4.05. The summed E-state index contributed by atoms with van der Waals surface area (Å²) >= 11 is 0. The molecule has 0 aliphatic carbocycles. The second-order valence-corrected chi connectivity index (χ2v) is 8.38. The van der Waals surface area contributed by atoms with Gasteiger partial charge in [0.1, 0.15) is 4.90 Å². The predicted octanol–water partition coefficient (Wildman–Crippen LogP) is -0.473. The first-order chi connectivity index (χ1) is 14.9. The molecule has 0 saturated carbocycles. The molecule has 158 valence electrons. The van der Waals surface area contributed by atoms with Crippen molar-refractivity contribution in [3.8, 4) is 11.4 Å². The van der Waals surface area contributed by atoms with Gasteiger partial charge in [0.05, 0.1) is 5.69 Å². The topological polar surface area (TPSA) is 128 Å². The number of rotatable bonds is 7. The van der Waals surface area contributed by atoms with E-state index < -0.39 is 10.0 Å². The fraction of sp³-hybridized carbons (Fsp3) is 0.0952. The summed E-state index contributed by atoms with van der Waals surface area (Å²) in [6.45, 7) is 0.513. The van der Waals surface area contributed by atoms with E-state index in [1.165, 1.54) is 6.07 Å². The van der Waals surface area contributed by atoms with E-state index in [1.807, 2.05) is 60.7 Å². The van der Waals surface area contributed by atoms with E-state index in [2.05, 4.69) is 25.9 Å². The minimum absolute atomic E-state index is 0. The number of nitrogens with two attached hydrogens (primary N) is 1. The van der Waals surface area contributed by atoms with Crippen molar-refractivity contribution in [1.82, 2.24) is 20.6 Å². The number of para-hydroxylation sites is 1. The van der Waals surface area contributed by atoms with E-state index in [0.717, 1.165) is 11.3 Å². The number of sulfonamides is 1. The molecule has 0 bridgehead atoms. The number of hydrogen-bond acceptors (Lipinski definition) is 7. The van der Waals surface area contributed by atoms with Crippen molar-refractivity contribution in [3.63, 3.8) is 0 Å². The van der Waals surface area contributed by atoms with Gasteiger partial charge in [-0.25, -0.2) is 13.6 Å². The molecule has 0 fully saturated rings. The Kier molecular flexibility index (Phi) is 7.64. The Labute approximate surface area is 208 Å². The average Bonchev–Trinajstić information content (AvgIpc) is 3.32. The summed E-state index contributed by atoms with van der Waals surface area (Å²) in [4.78, 5) is 1.71. The maximum atomic E-state index is 12.5. The van der Waals surface area contributed by atoms with Crippen molar-refractivity contribution < 1.29 is 38.0 Å². The van der Waals surface area contributed by atoms with Gasteiger partial charge < -0.3 is 15.3 Å². The zero-order valence-electron chi connectivity index (χ0n) is 17.7. The van der Waals surface area contributed by atoms with Gasteiger partial charge in [-0.15, -0.1) is 0 Å². The molecule has 11 heteroatoms. The van der Waals surface area contributed by atoms with Gasteiger partial charge in [-0.2, -0.15) is 5.21 Å². The number of nitrogens with one attached hydrogen (secondary N) is 1. The molecule has 4 rings (SSSR count). The summed E-state index contributed by atoms with van der Waals surface area (Å²) in [5.74, 6) is 0.203. The normalized spacial score (nSPS) is 10.9. The zero-order valence-corrected chi connectivity index (χ0v) is 20.5. The number of nitrogens with zero attached hydrogens (tertiary/aromatic N) is 5. The monoisotopic (exact) mass is 457 g/mol. The van der Waals surface area contributed by atoms with Crippen LogP contribution in [0.5, 0.6) is 0 Å². The van der Waals surface area contributed by atoms with E-state index in [4.69, 9.17) is 5.14 Å². The van der Waals surface area contributed by atoms with Gasteiger partial charge in [-0.1, -0.05) is 48.5 Å². The predicted molar refractivity (Wildman–Crippen MR) is 118 cm³/mol. The molecule has 32 heavy (non-hydrogen) atoms. The molecule has 0 atom stereocenters. The van der Waals surface area contributed by atoms with Crippen LogP contribution >= 0.6 is 0 Å². The molecule has 9 nitrogen and oxygen atoms in total. The summed E-state index contributed by atoms with van der Waals surface area (Å²) in [6, 6.07) is 22.4. The third-order valence-corrected chi connectivity index (χ3v) is 5.74. The molecule has 0 unspecified atom stereocenters. The summed E-state index contributed by atoms with van der Waals surface area (Å²) in [5, 5.41) is 23.8. The van der Waals surface area contributed by atoms with Crippen LogP contribution in [0.1, 0.15) is 5.56 Å². The van der Waals surface area contributed by atoms with Crippen molar-refractivity contribution in [2.45, 2.75) is 11.4 Å². The van der Waals surface area contributed by atoms with Crippen LogP contribution in [0.4, 0.5) is 17.1 Å². The molecular formula is C21H20N7NaO2S. The Morgan fingerprint density at radius 2 is 1.69 bits per heavy atom. The molecule has 0 radical (unpaired) electrons. The van der Waals surface area contributed by atoms with Gasteiger partial charge in [-0.05, 0) is 29.8 Å². The van der Waals surface area contributed by atoms with Crippen molar-refractivity contribution >= 4 is 27.1 Å². The van der Waals surface area contributed by atoms with Crippen molar-refractivity contribution in [2.75, 3.05) is 17.3 Å². The van der Waals surface area contributed by atoms with E-state index in [0.29, 0.717) is 23.5 Å². The number of hydrogen-bond donors (Lipinski definition) is 2. The van der Waals surface area contributed by atoms with Gasteiger partial charge >= 0.3 is 29.6 Å². The second-order valence-electron chi connectivity index (χ2n) is 6.85. The van der Waals surface area contributed by atoms with Crippen LogP contribution in [0.25, 0.3) is 11.4 Å². The van der Waals surface area contributed by atoms with Crippen molar-refractivity contribution in [3.05, 3.63) is 78.4 Å². The maximum absolute atomic E-state index is 12.5. The summed E-state index contributed by atoms with van der Waals surface area (Å²) in [5.41, 5.74) is 3.35. The maximum Gasteiger partial charge on any atom is 1.00 e. The van der Waals surface area contributed by atoms with E-state index >= 15 is 0 Å². The van der Waals surface area contributed by atoms with Gasteiger partial charge in [0.15, 0.2) is 0 Å². The minimum Gasteiger partial charge on any atom is -0.380 e. The molecule has 1 heterocycles. The quantitative estimate of drug-likeness (QED) is 0.357. The largest absolute Gasteiger partial charge is 1.00 e. The molecule has 0 amide bonds. The number of tetrazole rings is 1. The number of primary sulfonamides is 1. The second kappa shape index (κ2) is 10.2. The molecule has 0 aliphatic heterocycles. The van der Waals surface area contributed by atoms with Gasteiger partial charge in [0, 0.05) is 36.4 Å². The summed E-state index contributed by atoms with van der Waals surface area (Å²) < 4.78 is 24.9. The van der Waals surface area contributed by atoms with Crippen LogP contribution in [0.2, 0.25) is 0 Å². The Hall–Kier alpha value is -2.76. The SMILES string of the molecule is CN(c1ccccc1)c1cc(NCc2ccccc2)c(-c2nnn[n-]2)cc1S(N)(=O)=O.[Na+]. The van der Waals surface area contributed by atoms with Gasteiger partial charge in [0.2, 0.25) is 10.0 Å². The number of anilines is 3. The summed E-state index contributed by atoms with van der Waals surface area (Å²) in [6.07, 6.45) is 0. The van der Waals surface area contributed by atoms with Crippen molar-refractivity contribution in [1.29, 1.82) is 0 Å². The fourth-order valence-corrected chi connectivity index (χ4v) is 4.00. The van der Waals surface area contributed by atoms with Crippen molar-refractivity contribution in [2.24, 2.45) is 5.14 Å². The Balaban J connectivity index is 0.00000289. The Bertz CT molecular complexity index is 1270. The zero-order chi connectivity index (χ0) is 21.8. The first-order valence-electron chi connectivity index (χ1n) is 9.40. The average molecular weight is 457 g/mol. The fourth-order valence-electron chi connectivity index (χ4n) is 3.23. The van der Waals surface area contributed by atoms with Crippen LogP contribution in [0.3, 0.4) is 0 Å². The van der Waals surface area contributed by atoms with Crippen LogP contribution in [0, 0.1) is 0 Å². The molecule has 1 aromatic heterocycles.